The van der Waals surface area contributed by atoms with Crippen LogP contribution in [0.4, 0.5) is 0 Å². The molecule has 12 heavy (non-hydrogen) atoms. The summed E-state index contributed by atoms with van der Waals surface area (Å²) in [5.74, 6) is 0. The zero-order valence-corrected chi connectivity index (χ0v) is 9.01. The fraction of sp³-hybridized carbons (Fsp3) is 0.600. The summed E-state index contributed by atoms with van der Waals surface area (Å²) >= 11 is 3.65. The first-order chi connectivity index (χ1) is 5.83. The molecule has 0 fully saturated rings. The summed E-state index contributed by atoms with van der Waals surface area (Å²) in [5.41, 5.74) is 1.30. The Morgan fingerprint density at radius 2 is 2.33 bits per heavy atom. The summed E-state index contributed by atoms with van der Waals surface area (Å²) in [6.07, 6.45) is 8.39. The average molecular weight is 231 g/mol. The van der Waals surface area contributed by atoms with Crippen molar-refractivity contribution in [1.29, 1.82) is 0 Å². The van der Waals surface area contributed by atoms with Gasteiger partial charge in [0.05, 0.1) is 12.5 Å². The van der Waals surface area contributed by atoms with E-state index >= 15 is 0 Å². The van der Waals surface area contributed by atoms with Crippen molar-refractivity contribution < 1.29 is 4.42 Å². The Balaban J connectivity index is 2.17. The first kappa shape index (κ1) is 9.85. The number of furan rings is 1. The summed E-state index contributed by atoms with van der Waals surface area (Å²) in [5, 5.41) is 0. The Bertz CT molecular complexity index is 194. The predicted molar refractivity (Wildman–Crippen MR) is 54.7 cm³/mol. The Labute approximate surface area is 82.3 Å². The minimum absolute atomic E-state index is 0.664. The Kier molecular flexibility index (Phi) is 4.44. The molecule has 1 unspecified atom stereocenters. The van der Waals surface area contributed by atoms with Crippen molar-refractivity contribution >= 4 is 15.9 Å². The van der Waals surface area contributed by atoms with Gasteiger partial charge in [0.1, 0.15) is 0 Å². The molecule has 0 amide bonds. The topological polar surface area (TPSA) is 13.1 Å². The molecule has 0 bridgehead atoms. The van der Waals surface area contributed by atoms with Crippen LogP contribution in [0.15, 0.2) is 23.0 Å². The fourth-order valence-electron chi connectivity index (χ4n) is 1.22. The molecule has 0 radical (unpaired) electrons. The molecule has 0 saturated carbocycles. The highest BCUT2D eigenvalue weighted by Crippen LogP contribution is 2.15. The second kappa shape index (κ2) is 5.41. The lowest BCUT2D eigenvalue weighted by atomic mass is 10.1. The number of rotatable bonds is 5. The van der Waals surface area contributed by atoms with Gasteiger partial charge < -0.3 is 4.42 Å². The number of halogens is 1. The van der Waals surface area contributed by atoms with Gasteiger partial charge in [0.15, 0.2) is 0 Å². The van der Waals surface area contributed by atoms with Crippen LogP contribution >= 0.6 is 15.9 Å². The fourth-order valence-corrected chi connectivity index (χ4v) is 1.90. The number of aryl methyl sites for hydroxylation is 1. The third-order valence-electron chi connectivity index (χ3n) is 1.93. The molecule has 1 atom stereocenters. The molecular weight excluding hydrogens is 216 g/mol. The lowest BCUT2D eigenvalue weighted by Gasteiger charge is -2.05. The van der Waals surface area contributed by atoms with E-state index in [0.717, 1.165) is 6.42 Å². The maximum absolute atomic E-state index is 4.99. The van der Waals surface area contributed by atoms with E-state index in [1.807, 2.05) is 12.3 Å². The van der Waals surface area contributed by atoms with E-state index in [9.17, 15) is 0 Å². The van der Waals surface area contributed by atoms with Crippen LogP contribution < -0.4 is 0 Å². The molecule has 68 valence electrons. The van der Waals surface area contributed by atoms with Gasteiger partial charge in [-0.3, -0.25) is 0 Å². The van der Waals surface area contributed by atoms with E-state index in [1.165, 1.54) is 24.8 Å². The smallest absolute Gasteiger partial charge is 0.0934 e. The van der Waals surface area contributed by atoms with Gasteiger partial charge in [0.2, 0.25) is 0 Å². The van der Waals surface area contributed by atoms with Crippen LogP contribution in [0.2, 0.25) is 0 Å². The molecule has 1 rings (SSSR count). The summed E-state index contributed by atoms with van der Waals surface area (Å²) in [6.45, 7) is 2.21. The van der Waals surface area contributed by atoms with Gasteiger partial charge in [0, 0.05) is 4.83 Å². The van der Waals surface area contributed by atoms with Crippen molar-refractivity contribution in [3.05, 3.63) is 24.2 Å². The van der Waals surface area contributed by atoms with Gasteiger partial charge >= 0.3 is 0 Å². The molecular formula is C10H15BrO. The maximum Gasteiger partial charge on any atom is 0.0934 e. The molecule has 2 heteroatoms. The van der Waals surface area contributed by atoms with Crippen LogP contribution in [0.25, 0.3) is 0 Å². The second-order valence-corrected chi connectivity index (χ2v) is 4.35. The molecule has 1 heterocycles. The largest absolute Gasteiger partial charge is 0.472 e. The van der Waals surface area contributed by atoms with E-state index < -0.39 is 0 Å². The van der Waals surface area contributed by atoms with Crippen molar-refractivity contribution in [3.63, 3.8) is 0 Å². The minimum Gasteiger partial charge on any atom is -0.472 e. The molecule has 0 aromatic carbocycles. The zero-order chi connectivity index (χ0) is 8.81. The van der Waals surface area contributed by atoms with Crippen molar-refractivity contribution in [2.45, 2.75) is 37.4 Å². The van der Waals surface area contributed by atoms with Gasteiger partial charge in [-0.1, -0.05) is 29.3 Å². The lowest BCUT2D eigenvalue weighted by molar-refractivity contribution is 0.562. The van der Waals surface area contributed by atoms with E-state index in [1.54, 1.807) is 6.26 Å². The summed E-state index contributed by atoms with van der Waals surface area (Å²) in [7, 11) is 0. The van der Waals surface area contributed by atoms with Crippen LogP contribution in [-0.4, -0.2) is 4.83 Å². The summed E-state index contributed by atoms with van der Waals surface area (Å²) in [4.78, 5) is 0.664. The van der Waals surface area contributed by atoms with Crippen LogP contribution in [-0.2, 0) is 6.42 Å². The Morgan fingerprint density at radius 3 is 2.92 bits per heavy atom. The highest BCUT2D eigenvalue weighted by atomic mass is 79.9. The molecule has 1 aromatic rings. The molecule has 1 nitrogen and oxygen atoms in total. The lowest BCUT2D eigenvalue weighted by Crippen LogP contribution is -1.98. The zero-order valence-electron chi connectivity index (χ0n) is 7.42. The summed E-state index contributed by atoms with van der Waals surface area (Å²) < 4.78 is 4.99. The van der Waals surface area contributed by atoms with E-state index in [4.69, 9.17) is 4.42 Å². The standard InChI is InChI=1S/C10H15BrO/c1-2-3-10(11)5-4-9-6-7-12-8-9/h6-8,10H,2-5H2,1H3. The number of alkyl halides is 1. The molecule has 0 aliphatic carbocycles. The SMILES string of the molecule is CCCC(Br)CCc1ccoc1. The van der Waals surface area contributed by atoms with Gasteiger partial charge in [-0.25, -0.2) is 0 Å². The normalized spacial score (nSPS) is 13.2. The molecule has 0 spiro atoms. The van der Waals surface area contributed by atoms with Crippen molar-refractivity contribution in [2.24, 2.45) is 0 Å². The van der Waals surface area contributed by atoms with E-state index in [2.05, 4.69) is 22.9 Å². The molecule has 0 N–H and O–H groups in total. The third kappa shape index (κ3) is 3.44. The highest BCUT2D eigenvalue weighted by molar-refractivity contribution is 9.09. The first-order valence-electron chi connectivity index (χ1n) is 4.48. The molecule has 0 saturated heterocycles. The van der Waals surface area contributed by atoms with Crippen LogP contribution in [0.3, 0.4) is 0 Å². The molecule has 0 aliphatic rings. The number of hydrogen-bond acceptors (Lipinski definition) is 1. The molecule has 0 aliphatic heterocycles. The molecule has 1 aromatic heterocycles. The predicted octanol–water partition coefficient (Wildman–Crippen LogP) is 3.78. The van der Waals surface area contributed by atoms with Gasteiger partial charge in [0.25, 0.3) is 0 Å². The average Bonchev–Trinajstić information content (AvgIpc) is 2.53. The Hall–Kier alpha value is -0.240. The van der Waals surface area contributed by atoms with E-state index in [0.29, 0.717) is 4.83 Å². The quantitative estimate of drug-likeness (QED) is 0.703. The minimum atomic E-state index is 0.664. The van der Waals surface area contributed by atoms with Crippen molar-refractivity contribution in [2.75, 3.05) is 0 Å². The van der Waals surface area contributed by atoms with Gasteiger partial charge in [-0.15, -0.1) is 0 Å². The Morgan fingerprint density at radius 1 is 1.50 bits per heavy atom. The third-order valence-corrected chi connectivity index (χ3v) is 2.84. The number of hydrogen-bond donors (Lipinski definition) is 0. The summed E-state index contributed by atoms with van der Waals surface area (Å²) in [6, 6.07) is 2.03. The van der Waals surface area contributed by atoms with Crippen molar-refractivity contribution in [1.82, 2.24) is 0 Å². The van der Waals surface area contributed by atoms with Crippen LogP contribution in [0.5, 0.6) is 0 Å². The van der Waals surface area contributed by atoms with Crippen LogP contribution in [0.1, 0.15) is 31.7 Å². The van der Waals surface area contributed by atoms with Crippen molar-refractivity contribution in [3.8, 4) is 0 Å². The van der Waals surface area contributed by atoms with Crippen LogP contribution in [0, 0.1) is 0 Å². The monoisotopic (exact) mass is 230 g/mol. The first-order valence-corrected chi connectivity index (χ1v) is 5.39. The second-order valence-electron chi connectivity index (χ2n) is 3.06. The maximum atomic E-state index is 4.99. The van der Waals surface area contributed by atoms with Gasteiger partial charge in [-0.2, -0.15) is 0 Å². The highest BCUT2D eigenvalue weighted by Gasteiger charge is 2.03. The van der Waals surface area contributed by atoms with E-state index in [-0.39, 0.29) is 0 Å². The van der Waals surface area contributed by atoms with Gasteiger partial charge in [-0.05, 0) is 30.9 Å².